The summed E-state index contributed by atoms with van der Waals surface area (Å²) < 4.78 is 0. The molecule has 5 unspecified atom stereocenters. The van der Waals surface area contributed by atoms with Crippen molar-refractivity contribution in [2.45, 2.75) is 69.3 Å². The van der Waals surface area contributed by atoms with Gasteiger partial charge in [0, 0.05) is 13.0 Å². The predicted octanol–water partition coefficient (Wildman–Crippen LogP) is -4.97. The van der Waals surface area contributed by atoms with Crippen molar-refractivity contribution in [2.24, 2.45) is 27.9 Å². The second-order valence-corrected chi connectivity index (χ2v) is 7.85. The number of carboxylic acid groups (broad SMARTS) is 2. The summed E-state index contributed by atoms with van der Waals surface area (Å²) in [6.45, 7) is 1.22. The number of guanidine groups is 1. The van der Waals surface area contributed by atoms with Gasteiger partial charge in [0.1, 0.15) is 18.1 Å². The number of hydrogen-bond donors (Lipinski definition) is 10. The van der Waals surface area contributed by atoms with Crippen LogP contribution in [-0.2, 0) is 28.8 Å². The van der Waals surface area contributed by atoms with Gasteiger partial charge in [-0.3, -0.25) is 29.0 Å². The van der Waals surface area contributed by atoms with Crippen molar-refractivity contribution in [2.75, 3.05) is 6.54 Å². The summed E-state index contributed by atoms with van der Waals surface area (Å²) in [6, 6.07) is -6.01. The van der Waals surface area contributed by atoms with Crippen LogP contribution in [0.15, 0.2) is 4.99 Å². The molecule has 17 heteroatoms. The van der Waals surface area contributed by atoms with E-state index in [0.717, 1.165) is 6.92 Å². The lowest BCUT2D eigenvalue weighted by Gasteiger charge is -2.26. The van der Waals surface area contributed by atoms with Crippen LogP contribution in [0.1, 0.15) is 39.0 Å². The van der Waals surface area contributed by atoms with Gasteiger partial charge >= 0.3 is 11.9 Å². The summed E-state index contributed by atoms with van der Waals surface area (Å²) in [7, 11) is 0. The predicted molar refractivity (Wildman–Crippen MR) is 124 cm³/mol. The summed E-state index contributed by atoms with van der Waals surface area (Å²) in [5, 5.41) is 34.6. The minimum atomic E-state index is -1.63. The van der Waals surface area contributed by atoms with Crippen molar-refractivity contribution in [1.82, 2.24) is 16.0 Å². The second-order valence-electron chi connectivity index (χ2n) is 7.85. The normalized spacial score (nSPS) is 14.8. The molecular formula is C19H34N8O9. The van der Waals surface area contributed by atoms with Crippen LogP contribution in [0.25, 0.3) is 0 Å². The molecule has 4 amide bonds. The lowest BCUT2D eigenvalue weighted by molar-refractivity contribution is -0.142. The van der Waals surface area contributed by atoms with Crippen LogP contribution < -0.4 is 38.9 Å². The monoisotopic (exact) mass is 518 g/mol. The molecule has 0 spiro atoms. The molecule has 0 saturated heterocycles. The minimum absolute atomic E-state index is 0.0621. The highest BCUT2D eigenvalue weighted by atomic mass is 16.4. The zero-order valence-corrected chi connectivity index (χ0v) is 19.7. The number of nitrogens with zero attached hydrogens (tertiary/aromatic N) is 1. The molecule has 0 saturated carbocycles. The fraction of sp³-hybridized carbons (Fsp3) is 0.632. The summed E-state index contributed by atoms with van der Waals surface area (Å²) in [5.41, 5.74) is 21.0. The van der Waals surface area contributed by atoms with Crippen molar-refractivity contribution < 1.29 is 44.1 Å². The lowest BCUT2D eigenvalue weighted by Crippen LogP contribution is -2.59. The van der Waals surface area contributed by atoms with Crippen LogP contribution in [0.3, 0.4) is 0 Å². The molecule has 0 aromatic carbocycles. The summed E-state index contributed by atoms with van der Waals surface area (Å²) in [4.78, 5) is 74.6. The molecule has 0 heterocycles. The minimum Gasteiger partial charge on any atom is -0.481 e. The van der Waals surface area contributed by atoms with Gasteiger partial charge in [-0.1, -0.05) is 0 Å². The Morgan fingerprint density at radius 2 is 1.44 bits per heavy atom. The maximum absolute atomic E-state index is 12.8. The van der Waals surface area contributed by atoms with Crippen LogP contribution in [0.5, 0.6) is 0 Å². The molecule has 5 atom stereocenters. The Kier molecular flexibility index (Phi) is 14.1. The zero-order chi connectivity index (χ0) is 28.0. The van der Waals surface area contributed by atoms with Gasteiger partial charge in [0.25, 0.3) is 0 Å². The first-order valence-corrected chi connectivity index (χ1v) is 10.8. The summed E-state index contributed by atoms with van der Waals surface area (Å²) >= 11 is 0. The molecule has 0 aromatic rings. The molecule has 0 aromatic heterocycles. The van der Waals surface area contributed by atoms with Crippen molar-refractivity contribution >= 4 is 41.5 Å². The number of aliphatic imine (C=N–C) groups is 1. The van der Waals surface area contributed by atoms with Crippen LogP contribution in [0.4, 0.5) is 0 Å². The molecule has 0 aliphatic heterocycles. The number of aliphatic hydroxyl groups is 1. The highest BCUT2D eigenvalue weighted by Crippen LogP contribution is 2.05. The third-order valence-corrected chi connectivity index (χ3v) is 4.67. The summed E-state index contributed by atoms with van der Waals surface area (Å²) in [5.74, 6) is -6.82. The molecule has 0 aliphatic rings. The average molecular weight is 519 g/mol. The largest absolute Gasteiger partial charge is 0.481 e. The van der Waals surface area contributed by atoms with Gasteiger partial charge < -0.3 is 54.2 Å². The number of amides is 4. The Labute approximate surface area is 206 Å². The highest BCUT2D eigenvalue weighted by molar-refractivity contribution is 5.95. The van der Waals surface area contributed by atoms with Gasteiger partial charge in [-0.15, -0.1) is 0 Å². The third-order valence-electron chi connectivity index (χ3n) is 4.67. The maximum atomic E-state index is 12.8. The number of aliphatic hydroxyl groups excluding tert-OH is 1. The van der Waals surface area contributed by atoms with Gasteiger partial charge in [-0.05, 0) is 26.2 Å². The Morgan fingerprint density at radius 1 is 0.861 bits per heavy atom. The standard InChI is InChI=1S/C19H34N8O9/c1-8(28)14(27-15(32)9(20)7-13(30)31)17(34)25-10(3-2-6-24-19(22)23)16(33)26-11(18(35)36)4-5-12(21)29/h8-11,14,28H,2-7,20H2,1H3,(H2,21,29)(H,25,34)(H,26,33)(H,27,32)(H,30,31)(H,35,36)(H4,22,23,24). The number of rotatable bonds is 17. The number of carbonyl (C=O) groups excluding carboxylic acids is 4. The average Bonchev–Trinajstić information content (AvgIpc) is 2.75. The maximum Gasteiger partial charge on any atom is 0.326 e. The van der Waals surface area contributed by atoms with Crippen LogP contribution in [-0.4, -0.2) is 93.7 Å². The number of carbonyl (C=O) groups is 6. The SMILES string of the molecule is CC(O)C(NC(=O)C(N)CC(=O)O)C(=O)NC(CCCN=C(N)N)C(=O)NC(CCC(N)=O)C(=O)O. The molecule has 0 fully saturated rings. The Bertz CT molecular complexity index is 845. The van der Waals surface area contributed by atoms with E-state index in [0.29, 0.717) is 0 Å². The Morgan fingerprint density at radius 3 is 1.92 bits per heavy atom. The Hall–Kier alpha value is -3.99. The van der Waals surface area contributed by atoms with E-state index in [-0.39, 0.29) is 38.2 Å². The molecule has 204 valence electrons. The van der Waals surface area contributed by atoms with Gasteiger partial charge in [0.05, 0.1) is 18.6 Å². The quantitative estimate of drug-likeness (QED) is 0.0491. The lowest BCUT2D eigenvalue weighted by atomic mass is 10.1. The van der Waals surface area contributed by atoms with Crippen LogP contribution in [0, 0.1) is 0 Å². The van der Waals surface area contributed by atoms with Crippen molar-refractivity contribution in [3.05, 3.63) is 0 Å². The molecular weight excluding hydrogens is 484 g/mol. The van der Waals surface area contributed by atoms with Crippen molar-refractivity contribution in [3.8, 4) is 0 Å². The fourth-order valence-corrected chi connectivity index (χ4v) is 2.80. The van der Waals surface area contributed by atoms with E-state index in [1.807, 2.05) is 0 Å². The van der Waals surface area contributed by atoms with E-state index in [9.17, 15) is 39.0 Å². The van der Waals surface area contributed by atoms with Gasteiger partial charge in [-0.2, -0.15) is 0 Å². The topological polar surface area (TPSA) is 316 Å². The van der Waals surface area contributed by atoms with Crippen molar-refractivity contribution in [1.29, 1.82) is 0 Å². The van der Waals surface area contributed by atoms with E-state index in [1.165, 1.54) is 0 Å². The number of aliphatic carboxylic acids is 2. The number of nitrogens with one attached hydrogen (secondary N) is 3. The van der Waals surface area contributed by atoms with Crippen molar-refractivity contribution in [3.63, 3.8) is 0 Å². The molecule has 14 N–H and O–H groups in total. The zero-order valence-electron chi connectivity index (χ0n) is 19.7. The number of carboxylic acids is 2. The summed E-state index contributed by atoms with van der Waals surface area (Å²) in [6.07, 6.45) is -2.79. The van der Waals surface area contributed by atoms with E-state index in [1.54, 1.807) is 0 Å². The number of primary amides is 1. The van der Waals surface area contributed by atoms with E-state index < -0.39 is 72.3 Å². The van der Waals surface area contributed by atoms with Gasteiger partial charge in [0.15, 0.2) is 5.96 Å². The molecule has 0 radical (unpaired) electrons. The number of nitrogens with two attached hydrogens (primary N) is 4. The fourth-order valence-electron chi connectivity index (χ4n) is 2.80. The highest BCUT2D eigenvalue weighted by Gasteiger charge is 2.32. The molecule has 36 heavy (non-hydrogen) atoms. The van der Waals surface area contributed by atoms with Crippen LogP contribution in [0.2, 0.25) is 0 Å². The number of hydrogen-bond acceptors (Lipinski definition) is 9. The molecule has 17 nitrogen and oxygen atoms in total. The first-order valence-electron chi connectivity index (χ1n) is 10.8. The van der Waals surface area contributed by atoms with E-state index in [4.69, 9.17) is 28.0 Å². The van der Waals surface area contributed by atoms with E-state index in [2.05, 4.69) is 20.9 Å². The first-order chi connectivity index (χ1) is 16.6. The Balaban J connectivity index is 5.60. The smallest absolute Gasteiger partial charge is 0.326 e. The van der Waals surface area contributed by atoms with Gasteiger partial charge in [-0.25, -0.2) is 4.79 Å². The van der Waals surface area contributed by atoms with Crippen LogP contribution >= 0.6 is 0 Å². The third kappa shape index (κ3) is 13.0. The van der Waals surface area contributed by atoms with E-state index >= 15 is 0 Å². The molecule has 0 aliphatic carbocycles. The molecule has 0 rings (SSSR count). The second kappa shape index (κ2) is 15.8. The van der Waals surface area contributed by atoms with Gasteiger partial charge in [0.2, 0.25) is 23.6 Å². The molecule has 0 bridgehead atoms. The first kappa shape index (κ1) is 32.0.